The molecule has 3 atom stereocenters. The summed E-state index contributed by atoms with van der Waals surface area (Å²) >= 11 is 0. The number of methoxy groups -OCH3 is 1. The van der Waals surface area contributed by atoms with Gasteiger partial charge in [-0.25, -0.2) is 0 Å². The highest BCUT2D eigenvalue weighted by molar-refractivity contribution is 5.38. The summed E-state index contributed by atoms with van der Waals surface area (Å²) in [5.41, 5.74) is 3.45. The van der Waals surface area contributed by atoms with Gasteiger partial charge in [0, 0.05) is 0 Å². The van der Waals surface area contributed by atoms with Crippen molar-refractivity contribution >= 4 is 0 Å². The molecular formula is C18H20O2. The normalized spacial score (nSPS) is 22.4. The molecule has 0 saturated heterocycles. The van der Waals surface area contributed by atoms with Gasteiger partial charge in [0.05, 0.1) is 13.2 Å². The van der Waals surface area contributed by atoms with Gasteiger partial charge in [-0.15, -0.1) is 0 Å². The monoisotopic (exact) mass is 268 g/mol. The molecular weight excluding hydrogens is 248 g/mol. The summed E-state index contributed by atoms with van der Waals surface area (Å²) in [6, 6.07) is 16.4. The van der Waals surface area contributed by atoms with Gasteiger partial charge in [-0.3, -0.25) is 0 Å². The Labute approximate surface area is 120 Å². The topological polar surface area (TPSA) is 29.5 Å². The van der Waals surface area contributed by atoms with E-state index in [0.717, 1.165) is 23.3 Å². The molecule has 2 nitrogen and oxygen atoms in total. The van der Waals surface area contributed by atoms with Gasteiger partial charge >= 0.3 is 0 Å². The second-order valence-electron chi connectivity index (χ2n) is 5.58. The zero-order valence-corrected chi connectivity index (χ0v) is 11.9. The van der Waals surface area contributed by atoms with Crippen LogP contribution in [0.3, 0.4) is 0 Å². The van der Waals surface area contributed by atoms with Crippen LogP contribution in [-0.2, 0) is 0 Å². The van der Waals surface area contributed by atoms with E-state index in [-0.39, 0.29) is 6.10 Å². The minimum atomic E-state index is -0.383. The minimum Gasteiger partial charge on any atom is -0.497 e. The summed E-state index contributed by atoms with van der Waals surface area (Å²) in [5, 5.41) is 10.6. The van der Waals surface area contributed by atoms with E-state index in [1.165, 1.54) is 5.56 Å². The molecule has 3 rings (SSSR count). The zero-order chi connectivity index (χ0) is 14.1. The fourth-order valence-corrected chi connectivity index (χ4v) is 2.98. The maximum Gasteiger partial charge on any atom is 0.119 e. The van der Waals surface area contributed by atoms with Crippen LogP contribution in [-0.4, -0.2) is 12.2 Å². The van der Waals surface area contributed by atoms with Crippen molar-refractivity contribution in [2.45, 2.75) is 25.4 Å². The molecule has 2 aromatic rings. The average Bonchev–Trinajstić information content (AvgIpc) is 3.28. The van der Waals surface area contributed by atoms with E-state index >= 15 is 0 Å². The number of hydrogen-bond acceptors (Lipinski definition) is 2. The number of aryl methyl sites for hydroxylation is 1. The lowest BCUT2D eigenvalue weighted by atomic mass is 9.97. The van der Waals surface area contributed by atoms with E-state index in [1.807, 2.05) is 31.2 Å². The highest BCUT2D eigenvalue weighted by Crippen LogP contribution is 2.54. The Balaban J connectivity index is 1.76. The van der Waals surface area contributed by atoms with Gasteiger partial charge in [0.15, 0.2) is 0 Å². The highest BCUT2D eigenvalue weighted by atomic mass is 16.5. The summed E-state index contributed by atoms with van der Waals surface area (Å²) in [7, 11) is 1.66. The molecule has 0 spiro atoms. The van der Waals surface area contributed by atoms with E-state index in [4.69, 9.17) is 4.74 Å². The van der Waals surface area contributed by atoms with Crippen LogP contribution in [0.15, 0.2) is 48.5 Å². The number of aliphatic hydroxyl groups is 1. The number of ether oxygens (including phenoxy) is 1. The molecule has 1 fully saturated rings. The second-order valence-corrected chi connectivity index (χ2v) is 5.58. The maximum absolute atomic E-state index is 10.6. The molecule has 20 heavy (non-hydrogen) atoms. The van der Waals surface area contributed by atoms with E-state index in [0.29, 0.717) is 11.8 Å². The molecule has 3 unspecified atom stereocenters. The predicted octanol–water partition coefficient (Wildman–Crippen LogP) is 3.84. The molecule has 0 amide bonds. The first-order valence-electron chi connectivity index (χ1n) is 7.08. The van der Waals surface area contributed by atoms with Crippen molar-refractivity contribution in [2.75, 3.05) is 7.11 Å². The van der Waals surface area contributed by atoms with Gasteiger partial charge in [-0.1, -0.05) is 36.4 Å². The number of aliphatic hydroxyl groups excluding tert-OH is 1. The number of rotatable bonds is 4. The van der Waals surface area contributed by atoms with E-state index in [2.05, 4.69) is 24.3 Å². The molecule has 1 aliphatic rings. The third-order valence-electron chi connectivity index (χ3n) is 4.27. The molecule has 0 aromatic heterocycles. The van der Waals surface area contributed by atoms with Crippen LogP contribution in [0.1, 0.15) is 35.1 Å². The zero-order valence-electron chi connectivity index (χ0n) is 11.9. The van der Waals surface area contributed by atoms with Crippen LogP contribution < -0.4 is 4.74 Å². The molecule has 0 bridgehead atoms. The standard InChI is InChI=1S/C18H20O2/c1-12-10-14(20-2)8-9-15(12)18(19)17-11-16(17)13-6-4-3-5-7-13/h3-10,16-19H,11H2,1-2H3. The van der Waals surface area contributed by atoms with Gasteiger partial charge in [0.25, 0.3) is 0 Å². The molecule has 0 heterocycles. The Morgan fingerprint density at radius 3 is 2.55 bits per heavy atom. The molecule has 1 aliphatic carbocycles. The summed E-state index contributed by atoms with van der Waals surface area (Å²) in [6.07, 6.45) is 0.683. The fraction of sp³-hybridized carbons (Fsp3) is 0.333. The third-order valence-corrected chi connectivity index (χ3v) is 4.27. The first-order chi connectivity index (χ1) is 9.70. The van der Waals surface area contributed by atoms with Crippen LogP contribution >= 0.6 is 0 Å². The number of benzene rings is 2. The maximum atomic E-state index is 10.6. The second kappa shape index (κ2) is 5.29. The summed E-state index contributed by atoms with van der Waals surface area (Å²) in [5.74, 6) is 1.67. The summed E-state index contributed by atoms with van der Waals surface area (Å²) in [4.78, 5) is 0. The van der Waals surface area contributed by atoms with Crippen molar-refractivity contribution in [1.29, 1.82) is 0 Å². The Hall–Kier alpha value is -1.80. The van der Waals surface area contributed by atoms with E-state index in [9.17, 15) is 5.11 Å². The quantitative estimate of drug-likeness (QED) is 0.913. The Morgan fingerprint density at radius 1 is 1.15 bits per heavy atom. The highest BCUT2D eigenvalue weighted by Gasteiger charge is 2.44. The van der Waals surface area contributed by atoms with Crippen molar-refractivity contribution in [3.05, 3.63) is 65.2 Å². The SMILES string of the molecule is COc1ccc(C(O)C2CC2c2ccccc2)c(C)c1. The van der Waals surface area contributed by atoms with Crippen LogP contribution in [0.2, 0.25) is 0 Å². The third kappa shape index (κ3) is 2.44. The molecule has 2 aromatic carbocycles. The molecule has 1 saturated carbocycles. The minimum absolute atomic E-state index is 0.337. The van der Waals surface area contributed by atoms with Gasteiger partial charge in [-0.05, 0) is 54.0 Å². The largest absolute Gasteiger partial charge is 0.497 e. The van der Waals surface area contributed by atoms with Crippen LogP contribution in [0.25, 0.3) is 0 Å². The fourth-order valence-electron chi connectivity index (χ4n) is 2.98. The lowest BCUT2D eigenvalue weighted by molar-refractivity contribution is 0.150. The molecule has 1 N–H and O–H groups in total. The number of hydrogen-bond donors (Lipinski definition) is 1. The van der Waals surface area contributed by atoms with Crippen LogP contribution in [0, 0.1) is 12.8 Å². The van der Waals surface area contributed by atoms with Crippen molar-refractivity contribution in [3.63, 3.8) is 0 Å². The Morgan fingerprint density at radius 2 is 1.90 bits per heavy atom. The predicted molar refractivity (Wildman–Crippen MR) is 80.0 cm³/mol. The Kier molecular flexibility index (Phi) is 3.49. The van der Waals surface area contributed by atoms with Crippen molar-refractivity contribution < 1.29 is 9.84 Å². The van der Waals surface area contributed by atoms with Crippen molar-refractivity contribution in [2.24, 2.45) is 5.92 Å². The van der Waals surface area contributed by atoms with Gasteiger partial charge in [0.1, 0.15) is 5.75 Å². The van der Waals surface area contributed by atoms with Gasteiger partial charge in [0.2, 0.25) is 0 Å². The molecule has 104 valence electrons. The lowest BCUT2D eigenvalue weighted by Crippen LogP contribution is -2.04. The molecule has 0 aliphatic heterocycles. The van der Waals surface area contributed by atoms with E-state index < -0.39 is 0 Å². The van der Waals surface area contributed by atoms with Gasteiger partial charge < -0.3 is 9.84 Å². The molecule has 2 heteroatoms. The Bertz CT molecular complexity index is 592. The first kappa shape index (κ1) is 13.2. The van der Waals surface area contributed by atoms with Crippen molar-refractivity contribution in [1.82, 2.24) is 0 Å². The van der Waals surface area contributed by atoms with Crippen LogP contribution in [0.5, 0.6) is 5.75 Å². The lowest BCUT2D eigenvalue weighted by Gasteiger charge is -2.15. The average molecular weight is 268 g/mol. The van der Waals surface area contributed by atoms with Crippen LogP contribution in [0.4, 0.5) is 0 Å². The van der Waals surface area contributed by atoms with Crippen molar-refractivity contribution in [3.8, 4) is 5.75 Å². The summed E-state index contributed by atoms with van der Waals surface area (Å²) in [6.45, 7) is 2.03. The molecule has 0 radical (unpaired) electrons. The van der Waals surface area contributed by atoms with Gasteiger partial charge in [-0.2, -0.15) is 0 Å². The smallest absolute Gasteiger partial charge is 0.119 e. The van der Waals surface area contributed by atoms with E-state index in [1.54, 1.807) is 7.11 Å². The summed E-state index contributed by atoms with van der Waals surface area (Å²) < 4.78 is 5.21. The first-order valence-corrected chi connectivity index (χ1v) is 7.08.